The largest absolute Gasteiger partial charge is 0.507 e. The molecule has 0 bridgehead atoms. The average molecular weight is 167 g/mol. The highest BCUT2D eigenvalue weighted by molar-refractivity contribution is 6.20. The fraction of sp³-hybridized carbons (Fsp3) is 0.833. The summed E-state index contributed by atoms with van der Waals surface area (Å²) in [7, 11) is 0. The van der Waals surface area contributed by atoms with Crippen LogP contribution in [0.2, 0.25) is 0 Å². The maximum Gasteiger partial charge on any atom is 0.507 e. The number of rotatable bonds is 3. The van der Waals surface area contributed by atoms with Crippen molar-refractivity contribution in [1.29, 1.82) is 0 Å². The van der Waals surface area contributed by atoms with Gasteiger partial charge in [0.05, 0.1) is 0 Å². The molecule has 3 nitrogen and oxygen atoms in total. The minimum absolute atomic E-state index is 0.349. The first-order valence-corrected chi connectivity index (χ1v) is 3.49. The molecule has 0 aromatic heterocycles. The summed E-state index contributed by atoms with van der Waals surface area (Å²) in [4.78, 5) is 9.88. The van der Waals surface area contributed by atoms with Gasteiger partial charge in [-0.3, -0.25) is 0 Å². The fourth-order valence-electron chi connectivity index (χ4n) is 0.528. The second-order valence-electron chi connectivity index (χ2n) is 2.42. The van der Waals surface area contributed by atoms with Crippen LogP contribution >= 0.6 is 11.6 Å². The molecule has 10 heavy (non-hydrogen) atoms. The van der Waals surface area contributed by atoms with Crippen molar-refractivity contribution in [1.82, 2.24) is 0 Å². The summed E-state index contributed by atoms with van der Waals surface area (Å²) in [6, 6.07) is 0. The van der Waals surface area contributed by atoms with Crippen LogP contribution < -0.4 is 0 Å². The topological polar surface area (TPSA) is 46.5 Å². The van der Waals surface area contributed by atoms with Gasteiger partial charge >= 0.3 is 6.16 Å². The summed E-state index contributed by atoms with van der Waals surface area (Å²) >= 11 is 5.47. The van der Waals surface area contributed by atoms with Gasteiger partial charge in [-0.25, -0.2) is 4.79 Å². The van der Waals surface area contributed by atoms with Gasteiger partial charge in [-0.1, -0.05) is 25.4 Å². The van der Waals surface area contributed by atoms with Crippen LogP contribution in [-0.2, 0) is 4.74 Å². The zero-order valence-corrected chi connectivity index (χ0v) is 6.76. The molecule has 60 valence electrons. The molecule has 0 spiro atoms. The van der Waals surface area contributed by atoms with E-state index in [-0.39, 0.29) is 0 Å². The number of alkyl halides is 1. The second kappa shape index (κ2) is 4.39. The molecule has 1 N–H and O–H groups in total. The highest BCUT2D eigenvalue weighted by Gasteiger charge is 2.10. The number of ether oxygens (including phenoxy) is 1. The first-order valence-electron chi connectivity index (χ1n) is 3.06. The monoisotopic (exact) mass is 166 g/mol. The van der Waals surface area contributed by atoms with Crippen molar-refractivity contribution in [3.05, 3.63) is 0 Å². The summed E-state index contributed by atoms with van der Waals surface area (Å²) in [6.45, 7) is 3.89. The van der Waals surface area contributed by atoms with Crippen molar-refractivity contribution < 1.29 is 14.6 Å². The van der Waals surface area contributed by atoms with Gasteiger partial charge in [0.1, 0.15) is 0 Å². The van der Waals surface area contributed by atoms with Gasteiger partial charge in [0.15, 0.2) is 5.56 Å². The molecule has 0 radical (unpaired) electrons. The summed E-state index contributed by atoms with van der Waals surface area (Å²) in [5, 5.41) is 8.09. The number of hydrogen-bond acceptors (Lipinski definition) is 2. The third-order valence-electron chi connectivity index (χ3n) is 0.885. The van der Waals surface area contributed by atoms with E-state index in [4.69, 9.17) is 16.7 Å². The summed E-state index contributed by atoms with van der Waals surface area (Å²) in [5.41, 5.74) is -0.711. The molecule has 0 amide bonds. The van der Waals surface area contributed by atoms with E-state index >= 15 is 0 Å². The van der Waals surface area contributed by atoms with Crippen LogP contribution in [0.3, 0.4) is 0 Å². The zero-order valence-electron chi connectivity index (χ0n) is 6.00. The van der Waals surface area contributed by atoms with Crippen molar-refractivity contribution >= 4 is 17.8 Å². The first kappa shape index (κ1) is 9.56. The Kier molecular flexibility index (Phi) is 4.19. The van der Waals surface area contributed by atoms with E-state index in [1.165, 1.54) is 0 Å². The predicted molar refractivity (Wildman–Crippen MR) is 38.2 cm³/mol. The third-order valence-corrected chi connectivity index (χ3v) is 1.15. The van der Waals surface area contributed by atoms with Crippen LogP contribution in [-0.4, -0.2) is 16.8 Å². The van der Waals surface area contributed by atoms with Crippen molar-refractivity contribution in [2.75, 3.05) is 0 Å². The first-order chi connectivity index (χ1) is 4.52. The van der Waals surface area contributed by atoms with Gasteiger partial charge in [0.2, 0.25) is 0 Å². The Morgan fingerprint density at radius 3 is 2.50 bits per heavy atom. The van der Waals surface area contributed by atoms with Crippen LogP contribution in [0.15, 0.2) is 0 Å². The summed E-state index contributed by atoms with van der Waals surface area (Å²) < 4.78 is 4.24. The lowest BCUT2D eigenvalue weighted by molar-refractivity contribution is 0.0737. The van der Waals surface area contributed by atoms with Crippen LogP contribution in [0.4, 0.5) is 4.79 Å². The van der Waals surface area contributed by atoms with Gasteiger partial charge < -0.3 is 9.84 Å². The SMILES string of the molecule is CC(C)CC(Cl)OC(=O)O. The van der Waals surface area contributed by atoms with Crippen molar-refractivity contribution in [3.8, 4) is 0 Å². The molecule has 4 heteroatoms. The standard InChI is InChI=1S/C6H11ClO3/c1-4(2)3-5(7)10-6(8)9/h4-5H,3H2,1-2H3,(H,8,9). The van der Waals surface area contributed by atoms with Gasteiger partial charge in [-0.2, -0.15) is 0 Å². The number of halogens is 1. The van der Waals surface area contributed by atoms with Crippen LogP contribution in [0.1, 0.15) is 20.3 Å². The van der Waals surface area contributed by atoms with E-state index in [2.05, 4.69) is 4.74 Å². The van der Waals surface area contributed by atoms with E-state index in [9.17, 15) is 4.79 Å². The number of hydrogen-bond donors (Lipinski definition) is 1. The molecule has 1 atom stereocenters. The highest BCUT2D eigenvalue weighted by atomic mass is 35.5. The van der Waals surface area contributed by atoms with E-state index in [0.29, 0.717) is 12.3 Å². The Morgan fingerprint density at radius 1 is 1.70 bits per heavy atom. The molecule has 1 unspecified atom stereocenters. The molecular weight excluding hydrogens is 156 g/mol. The third kappa shape index (κ3) is 5.69. The van der Waals surface area contributed by atoms with E-state index in [1.807, 2.05) is 13.8 Å². The second-order valence-corrected chi connectivity index (χ2v) is 2.91. The molecule has 0 aliphatic heterocycles. The molecular formula is C6H11ClO3. The minimum atomic E-state index is -1.32. The Balaban J connectivity index is 3.43. The molecule has 0 aromatic rings. The average Bonchev–Trinajstić information content (AvgIpc) is 1.58. The van der Waals surface area contributed by atoms with Crippen molar-refractivity contribution in [3.63, 3.8) is 0 Å². The molecule has 0 aliphatic rings. The smallest absolute Gasteiger partial charge is 0.450 e. The normalized spacial score (nSPS) is 13.2. The highest BCUT2D eigenvalue weighted by Crippen LogP contribution is 2.11. The molecule has 0 rings (SSSR count). The molecule has 0 aliphatic carbocycles. The zero-order chi connectivity index (χ0) is 8.15. The molecule has 0 heterocycles. The molecule has 0 saturated carbocycles. The lowest BCUT2D eigenvalue weighted by Crippen LogP contribution is -2.12. The Hall–Kier alpha value is -0.440. The van der Waals surface area contributed by atoms with Crippen molar-refractivity contribution in [2.45, 2.75) is 25.8 Å². The van der Waals surface area contributed by atoms with Gasteiger partial charge in [0.25, 0.3) is 0 Å². The Morgan fingerprint density at radius 2 is 2.20 bits per heavy atom. The quantitative estimate of drug-likeness (QED) is 0.517. The van der Waals surface area contributed by atoms with Crippen molar-refractivity contribution in [2.24, 2.45) is 5.92 Å². The minimum Gasteiger partial charge on any atom is -0.450 e. The maximum absolute atomic E-state index is 9.88. The van der Waals surface area contributed by atoms with Gasteiger partial charge in [0, 0.05) is 6.42 Å². The van der Waals surface area contributed by atoms with Crippen LogP contribution in [0.25, 0.3) is 0 Å². The fourth-order valence-corrected chi connectivity index (χ4v) is 0.961. The predicted octanol–water partition coefficient (Wildman–Crippen LogP) is 2.29. The molecule has 0 saturated heterocycles. The van der Waals surface area contributed by atoms with Gasteiger partial charge in [-0.05, 0) is 5.92 Å². The van der Waals surface area contributed by atoms with Crippen LogP contribution in [0.5, 0.6) is 0 Å². The van der Waals surface area contributed by atoms with Gasteiger partial charge in [-0.15, -0.1) is 0 Å². The lowest BCUT2D eigenvalue weighted by atomic mass is 10.1. The maximum atomic E-state index is 9.88. The lowest BCUT2D eigenvalue weighted by Gasteiger charge is -2.09. The van der Waals surface area contributed by atoms with E-state index < -0.39 is 11.7 Å². The van der Waals surface area contributed by atoms with Crippen LogP contribution in [0, 0.1) is 5.92 Å². The number of carbonyl (C=O) groups is 1. The summed E-state index contributed by atoms with van der Waals surface area (Å²) in [5.74, 6) is 0.349. The molecule has 0 fully saturated rings. The van der Waals surface area contributed by atoms with E-state index in [1.54, 1.807) is 0 Å². The van der Waals surface area contributed by atoms with E-state index in [0.717, 1.165) is 0 Å². The summed E-state index contributed by atoms with van der Waals surface area (Å²) in [6.07, 6.45) is -0.769. The number of carboxylic acid groups (broad SMARTS) is 1. The Labute approximate surface area is 64.9 Å². The molecule has 0 aromatic carbocycles. The Bertz CT molecular complexity index is 114.